The Bertz CT molecular complexity index is 2690. The zero-order chi connectivity index (χ0) is 32.0. The Morgan fingerprint density at radius 3 is 2.17 bits per heavy atom. The number of benzene rings is 7. The van der Waals surface area contributed by atoms with Crippen LogP contribution < -0.4 is 4.90 Å². The molecule has 0 N–H and O–H groups in total. The molecule has 0 amide bonds. The molecule has 0 atom stereocenters. The van der Waals surface area contributed by atoms with Crippen LogP contribution in [0.3, 0.4) is 0 Å². The molecule has 0 unspecified atom stereocenters. The Morgan fingerprint density at radius 1 is 0.521 bits per heavy atom. The van der Waals surface area contributed by atoms with Gasteiger partial charge in [0.1, 0.15) is 16.7 Å². The van der Waals surface area contributed by atoms with Crippen molar-refractivity contribution >= 4 is 60.9 Å². The van der Waals surface area contributed by atoms with E-state index in [4.69, 9.17) is 13.8 Å². The number of furan rings is 1. The van der Waals surface area contributed by atoms with E-state index < -0.39 is 0 Å². The normalized spacial score (nSPS) is 13.4. The van der Waals surface area contributed by atoms with Gasteiger partial charge in [-0.05, 0) is 88.3 Å². The number of para-hydroxylation sites is 2. The third-order valence-corrected chi connectivity index (χ3v) is 10.1. The summed E-state index contributed by atoms with van der Waals surface area (Å²) in [6, 6.07) is 51.4. The molecule has 0 aliphatic heterocycles. The fraction of sp³-hybridized carbons (Fsp3) is 0.0682. The predicted octanol–water partition coefficient (Wildman–Crippen LogP) is 12.3. The van der Waals surface area contributed by atoms with E-state index >= 15 is 0 Å². The van der Waals surface area contributed by atoms with E-state index in [1.807, 2.05) is 36.4 Å². The number of hydrogen-bond acceptors (Lipinski definition) is 4. The molecule has 2 heterocycles. The molecular formula is C44H30N2O2. The Balaban J connectivity index is 1.22. The number of rotatable bonds is 4. The maximum Gasteiger partial charge on any atom is 0.228 e. The zero-order valence-electron chi connectivity index (χ0n) is 26.6. The van der Waals surface area contributed by atoms with Gasteiger partial charge in [0.15, 0.2) is 5.58 Å². The molecule has 0 fully saturated rings. The summed E-state index contributed by atoms with van der Waals surface area (Å²) >= 11 is 0. The topological polar surface area (TPSA) is 42.4 Å². The molecule has 0 spiro atoms. The largest absolute Gasteiger partial charge is 0.456 e. The minimum Gasteiger partial charge on any atom is -0.456 e. The van der Waals surface area contributed by atoms with Gasteiger partial charge in [-0.1, -0.05) is 98.8 Å². The predicted molar refractivity (Wildman–Crippen MR) is 196 cm³/mol. The monoisotopic (exact) mass is 618 g/mol. The number of nitrogens with zero attached hydrogens (tertiary/aromatic N) is 2. The van der Waals surface area contributed by atoms with Crippen LogP contribution in [0, 0.1) is 0 Å². The lowest BCUT2D eigenvalue weighted by atomic mass is 9.82. The first kappa shape index (κ1) is 27.0. The average Bonchev–Trinajstić information content (AvgIpc) is 3.79. The van der Waals surface area contributed by atoms with Gasteiger partial charge in [-0.15, -0.1) is 0 Å². The molecule has 0 saturated carbocycles. The van der Waals surface area contributed by atoms with E-state index in [0.717, 1.165) is 55.7 Å². The van der Waals surface area contributed by atoms with Crippen molar-refractivity contribution < 1.29 is 8.83 Å². The molecule has 0 saturated heterocycles. The standard InChI is InChI=1S/C44H30N2O2/c1-44(2)35-16-6-5-14-31(35)32-23-21-29(26-36(32)44)46(38-18-9-12-27-11-3-4-13-30(27)38)28-22-24-39-34(25-28)42-33(15-10-20-41(42)47-39)43-45-37-17-7-8-19-40(37)48-43/h3-26H,1-2H3. The van der Waals surface area contributed by atoms with Gasteiger partial charge in [-0.2, -0.15) is 0 Å². The van der Waals surface area contributed by atoms with E-state index in [-0.39, 0.29) is 5.41 Å². The number of hydrogen-bond donors (Lipinski definition) is 0. The van der Waals surface area contributed by atoms with Crippen LogP contribution in [-0.4, -0.2) is 4.98 Å². The maximum absolute atomic E-state index is 6.44. The third-order valence-electron chi connectivity index (χ3n) is 10.1. The van der Waals surface area contributed by atoms with Crippen LogP contribution in [0.2, 0.25) is 0 Å². The zero-order valence-corrected chi connectivity index (χ0v) is 26.6. The van der Waals surface area contributed by atoms with E-state index in [2.05, 4.69) is 128 Å². The first-order valence-electron chi connectivity index (χ1n) is 16.4. The lowest BCUT2D eigenvalue weighted by Crippen LogP contribution is -2.16. The summed E-state index contributed by atoms with van der Waals surface area (Å²) in [5, 5.41) is 4.39. The van der Waals surface area contributed by atoms with Gasteiger partial charge in [-0.25, -0.2) is 4.98 Å². The van der Waals surface area contributed by atoms with Crippen molar-refractivity contribution in [1.82, 2.24) is 4.98 Å². The average molecular weight is 619 g/mol. The van der Waals surface area contributed by atoms with Crippen molar-refractivity contribution in [2.45, 2.75) is 19.3 Å². The Hall–Kier alpha value is -6.13. The Morgan fingerprint density at radius 2 is 1.23 bits per heavy atom. The molecular weight excluding hydrogens is 588 g/mol. The summed E-state index contributed by atoms with van der Waals surface area (Å²) in [7, 11) is 0. The second-order valence-electron chi connectivity index (χ2n) is 13.2. The Kier molecular flexibility index (Phi) is 5.59. The van der Waals surface area contributed by atoms with Crippen LogP contribution in [0.1, 0.15) is 25.0 Å². The molecule has 2 aromatic heterocycles. The molecule has 0 radical (unpaired) electrons. The fourth-order valence-electron chi connectivity index (χ4n) is 7.78. The molecule has 4 nitrogen and oxygen atoms in total. The van der Waals surface area contributed by atoms with Crippen molar-refractivity contribution in [2.24, 2.45) is 0 Å². The van der Waals surface area contributed by atoms with Crippen molar-refractivity contribution in [3.05, 3.63) is 157 Å². The van der Waals surface area contributed by atoms with Crippen molar-refractivity contribution in [3.63, 3.8) is 0 Å². The van der Waals surface area contributed by atoms with Gasteiger partial charge in [0.05, 0.1) is 5.69 Å². The summed E-state index contributed by atoms with van der Waals surface area (Å²) in [4.78, 5) is 7.24. The van der Waals surface area contributed by atoms with Crippen LogP contribution in [0.15, 0.2) is 154 Å². The van der Waals surface area contributed by atoms with E-state index in [0.29, 0.717) is 5.89 Å². The van der Waals surface area contributed by atoms with Crippen LogP contribution in [-0.2, 0) is 5.41 Å². The van der Waals surface area contributed by atoms with Gasteiger partial charge in [-0.3, -0.25) is 0 Å². The molecule has 9 aromatic rings. The van der Waals surface area contributed by atoms with Crippen molar-refractivity contribution in [2.75, 3.05) is 4.90 Å². The third kappa shape index (κ3) is 3.86. The second kappa shape index (κ2) is 9.93. The van der Waals surface area contributed by atoms with Crippen molar-refractivity contribution in [3.8, 4) is 22.6 Å². The smallest absolute Gasteiger partial charge is 0.228 e. The number of anilines is 3. The van der Waals surface area contributed by atoms with Crippen molar-refractivity contribution in [1.29, 1.82) is 0 Å². The minimum absolute atomic E-state index is 0.119. The molecule has 1 aliphatic carbocycles. The molecule has 10 rings (SSSR count). The number of oxazole rings is 1. The molecule has 0 bridgehead atoms. The van der Waals surface area contributed by atoms with Gasteiger partial charge < -0.3 is 13.7 Å². The van der Waals surface area contributed by atoms with E-state index in [9.17, 15) is 0 Å². The lowest BCUT2D eigenvalue weighted by Gasteiger charge is -2.29. The summed E-state index contributed by atoms with van der Waals surface area (Å²) in [5.74, 6) is 0.584. The van der Waals surface area contributed by atoms with Crippen LogP contribution in [0.4, 0.5) is 17.1 Å². The SMILES string of the molecule is CC1(C)c2ccccc2-c2ccc(N(c3ccc4oc5cccc(-c6nc7ccccc7o6)c5c4c3)c3cccc4ccccc34)cc21. The molecule has 7 aromatic carbocycles. The highest BCUT2D eigenvalue weighted by Gasteiger charge is 2.36. The van der Waals surface area contributed by atoms with Gasteiger partial charge in [0.2, 0.25) is 5.89 Å². The summed E-state index contributed by atoms with van der Waals surface area (Å²) in [6.45, 7) is 4.67. The molecule has 1 aliphatic rings. The fourth-order valence-corrected chi connectivity index (χ4v) is 7.78. The van der Waals surface area contributed by atoms with Crippen LogP contribution in [0.25, 0.3) is 66.4 Å². The first-order valence-corrected chi connectivity index (χ1v) is 16.4. The number of aromatic nitrogens is 1. The molecule has 228 valence electrons. The van der Waals surface area contributed by atoms with E-state index in [1.54, 1.807) is 0 Å². The lowest BCUT2D eigenvalue weighted by molar-refractivity contribution is 0.620. The van der Waals surface area contributed by atoms with Gasteiger partial charge in [0, 0.05) is 38.5 Å². The highest BCUT2D eigenvalue weighted by molar-refractivity contribution is 6.13. The molecule has 4 heteroatoms. The van der Waals surface area contributed by atoms with Gasteiger partial charge >= 0.3 is 0 Å². The van der Waals surface area contributed by atoms with Crippen LogP contribution in [0.5, 0.6) is 0 Å². The highest BCUT2D eigenvalue weighted by Crippen LogP contribution is 2.51. The van der Waals surface area contributed by atoms with Gasteiger partial charge in [0.25, 0.3) is 0 Å². The van der Waals surface area contributed by atoms with E-state index in [1.165, 1.54) is 33.0 Å². The summed E-state index contributed by atoms with van der Waals surface area (Å²) in [5.41, 5.74) is 12.6. The molecule has 48 heavy (non-hydrogen) atoms. The van der Waals surface area contributed by atoms with Crippen LogP contribution >= 0.6 is 0 Å². The number of fused-ring (bicyclic) bond motifs is 8. The minimum atomic E-state index is -0.119. The second-order valence-corrected chi connectivity index (χ2v) is 13.2. The first-order chi connectivity index (χ1) is 23.5. The quantitative estimate of drug-likeness (QED) is 0.197. The maximum atomic E-state index is 6.44. The highest BCUT2D eigenvalue weighted by atomic mass is 16.3. The summed E-state index contributed by atoms with van der Waals surface area (Å²) < 4.78 is 12.7. The Labute approximate surface area is 277 Å². The summed E-state index contributed by atoms with van der Waals surface area (Å²) in [6.07, 6.45) is 0.